The maximum atomic E-state index is 10.2. The Bertz CT molecular complexity index is 783. The number of rotatable bonds is 3. The molecule has 0 spiro atoms. The second-order valence-corrected chi connectivity index (χ2v) is 6.50. The number of nitriles is 1. The van der Waals surface area contributed by atoms with Gasteiger partial charge in [-0.3, -0.25) is 5.01 Å². The number of hydrogen-bond donors (Lipinski definition) is 1. The van der Waals surface area contributed by atoms with Crippen LogP contribution in [0.4, 0.5) is 0 Å². The number of hydrogen-bond acceptors (Lipinski definition) is 4. The van der Waals surface area contributed by atoms with Crippen molar-refractivity contribution in [1.82, 2.24) is 5.01 Å². The lowest BCUT2D eigenvalue weighted by molar-refractivity contribution is 0.193. The molecule has 116 valence electrons. The topological polar surface area (TPSA) is 59.6 Å². The van der Waals surface area contributed by atoms with E-state index in [-0.39, 0.29) is 11.8 Å². The van der Waals surface area contributed by atoms with Crippen LogP contribution in [0.25, 0.3) is 0 Å². The van der Waals surface area contributed by atoms with Gasteiger partial charge in [0.2, 0.25) is 0 Å². The molecule has 0 radical (unpaired) electrons. The summed E-state index contributed by atoms with van der Waals surface area (Å²) in [5, 5.41) is 26.3. The van der Waals surface area contributed by atoms with Gasteiger partial charge in [0.15, 0.2) is 6.04 Å². The monoisotopic (exact) mass is 369 g/mol. The Labute approximate surface area is 143 Å². The van der Waals surface area contributed by atoms with Crippen molar-refractivity contribution in [3.05, 3.63) is 64.1 Å². The van der Waals surface area contributed by atoms with Gasteiger partial charge in [-0.15, -0.1) is 0 Å². The second-order valence-electron chi connectivity index (χ2n) is 5.58. The first-order chi connectivity index (χ1) is 11.1. The van der Waals surface area contributed by atoms with Gasteiger partial charge in [0.05, 0.1) is 12.1 Å². The van der Waals surface area contributed by atoms with Gasteiger partial charge < -0.3 is 5.11 Å². The van der Waals surface area contributed by atoms with Gasteiger partial charge >= 0.3 is 0 Å². The van der Waals surface area contributed by atoms with Gasteiger partial charge in [0.25, 0.3) is 0 Å². The van der Waals surface area contributed by atoms with Crippen molar-refractivity contribution < 1.29 is 5.11 Å². The Balaban J connectivity index is 2.02. The van der Waals surface area contributed by atoms with E-state index in [2.05, 4.69) is 27.1 Å². The molecule has 0 aliphatic carbocycles. The maximum absolute atomic E-state index is 10.2. The highest BCUT2D eigenvalue weighted by Gasteiger charge is 2.33. The summed E-state index contributed by atoms with van der Waals surface area (Å²) < 4.78 is 0.821. The third-order valence-corrected chi connectivity index (χ3v) is 4.44. The number of phenolic OH excluding ortho intramolecular Hbond substituents is 1. The van der Waals surface area contributed by atoms with E-state index in [9.17, 15) is 10.4 Å². The molecule has 1 heterocycles. The lowest BCUT2D eigenvalue weighted by Gasteiger charge is -2.28. The molecule has 1 aliphatic heterocycles. The SMILES string of the molecule is CC1=NN([C@@H](C#N)c2cc(Br)ccc2O)[C@H](c2ccccc2)C1. The van der Waals surface area contributed by atoms with E-state index in [1.807, 2.05) is 37.3 Å². The van der Waals surface area contributed by atoms with E-state index in [4.69, 9.17) is 0 Å². The number of benzene rings is 2. The molecule has 0 aromatic heterocycles. The van der Waals surface area contributed by atoms with Crippen molar-refractivity contribution in [2.24, 2.45) is 5.10 Å². The molecule has 1 N–H and O–H groups in total. The normalized spacial score (nSPS) is 18.4. The molecular formula is C18H16BrN3O. The number of phenols is 1. The second kappa shape index (κ2) is 6.43. The summed E-state index contributed by atoms with van der Waals surface area (Å²) in [5.41, 5.74) is 2.65. The summed E-state index contributed by atoms with van der Waals surface area (Å²) in [6, 6.07) is 16.8. The highest BCUT2D eigenvalue weighted by Crippen LogP contribution is 2.40. The molecule has 0 fully saturated rings. The van der Waals surface area contributed by atoms with E-state index in [0.29, 0.717) is 5.56 Å². The molecule has 3 rings (SSSR count). The Morgan fingerprint density at radius 2 is 2.04 bits per heavy atom. The molecule has 0 saturated heterocycles. The molecular weight excluding hydrogens is 354 g/mol. The number of hydrazone groups is 1. The summed E-state index contributed by atoms with van der Waals surface area (Å²) in [6.45, 7) is 1.96. The van der Waals surface area contributed by atoms with Crippen LogP contribution in [0.5, 0.6) is 5.75 Å². The molecule has 2 aromatic rings. The predicted octanol–water partition coefficient (Wildman–Crippen LogP) is 4.54. The molecule has 23 heavy (non-hydrogen) atoms. The first-order valence-electron chi connectivity index (χ1n) is 7.35. The average molecular weight is 370 g/mol. The summed E-state index contributed by atoms with van der Waals surface area (Å²) in [5.74, 6) is 0.103. The van der Waals surface area contributed by atoms with Crippen LogP contribution in [0.3, 0.4) is 0 Å². The molecule has 0 bridgehead atoms. The standard InChI is InChI=1S/C18H16BrN3O/c1-12-9-16(13-5-3-2-4-6-13)22(21-12)17(11-20)15-10-14(19)7-8-18(15)23/h2-8,10,16-17,23H,9H2,1H3/t16-,17-/m0/s1. The first kappa shape index (κ1) is 15.6. The Kier molecular flexibility index (Phi) is 4.35. The van der Waals surface area contributed by atoms with Gasteiger partial charge in [0, 0.05) is 22.2 Å². The van der Waals surface area contributed by atoms with E-state index in [1.165, 1.54) is 0 Å². The minimum absolute atomic E-state index is 0.000711. The largest absolute Gasteiger partial charge is 0.508 e. The minimum Gasteiger partial charge on any atom is -0.508 e. The Morgan fingerprint density at radius 1 is 1.30 bits per heavy atom. The lowest BCUT2D eigenvalue weighted by Crippen LogP contribution is -2.24. The quantitative estimate of drug-likeness (QED) is 0.863. The van der Waals surface area contributed by atoms with Crippen LogP contribution >= 0.6 is 15.9 Å². The third kappa shape index (κ3) is 3.08. The highest BCUT2D eigenvalue weighted by atomic mass is 79.9. The van der Waals surface area contributed by atoms with Crippen molar-refractivity contribution in [2.45, 2.75) is 25.4 Å². The van der Waals surface area contributed by atoms with Gasteiger partial charge in [-0.05, 0) is 30.7 Å². The van der Waals surface area contributed by atoms with Crippen LogP contribution in [0.1, 0.15) is 36.6 Å². The summed E-state index contributed by atoms with van der Waals surface area (Å²) in [7, 11) is 0. The zero-order valence-electron chi connectivity index (χ0n) is 12.6. The summed E-state index contributed by atoms with van der Waals surface area (Å²) in [6.07, 6.45) is 0.775. The molecule has 0 amide bonds. The van der Waals surface area contributed by atoms with Crippen molar-refractivity contribution >= 4 is 21.6 Å². The van der Waals surface area contributed by atoms with Crippen molar-refractivity contribution in [1.29, 1.82) is 5.26 Å². The average Bonchev–Trinajstić information content (AvgIpc) is 2.94. The van der Waals surface area contributed by atoms with Crippen molar-refractivity contribution in [2.75, 3.05) is 0 Å². The lowest BCUT2D eigenvalue weighted by atomic mass is 9.99. The number of halogens is 1. The minimum atomic E-state index is -0.643. The zero-order chi connectivity index (χ0) is 16.4. The van der Waals surface area contributed by atoms with E-state index < -0.39 is 6.04 Å². The molecule has 2 atom stereocenters. The molecule has 2 aromatic carbocycles. The van der Waals surface area contributed by atoms with Crippen molar-refractivity contribution in [3.8, 4) is 11.8 Å². The summed E-state index contributed by atoms with van der Waals surface area (Å²) >= 11 is 3.40. The third-order valence-electron chi connectivity index (χ3n) is 3.95. The molecule has 4 nitrogen and oxygen atoms in total. The van der Waals surface area contributed by atoms with Crippen LogP contribution in [0.15, 0.2) is 58.1 Å². The summed E-state index contributed by atoms with van der Waals surface area (Å²) in [4.78, 5) is 0. The van der Waals surface area contributed by atoms with Crippen LogP contribution < -0.4 is 0 Å². The molecule has 0 unspecified atom stereocenters. The molecule has 1 aliphatic rings. The van der Waals surface area contributed by atoms with E-state index >= 15 is 0 Å². The smallest absolute Gasteiger partial charge is 0.162 e. The van der Waals surface area contributed by atoms with Crippen LogP contribution in [0.2, 0.25) is 0 Å². The van der Waals surface area contributed by atoms with Crippen LogP contribution in [0, 0.1) is 11.3 Å². The predicted molar refractivity (Wildman–Crippen MR) is 92.9 cm³/mol. The number of nitrogens with zero attached hydrogens (tertiary/aromatic N) is 3. The Morgan fingerprint density at radius 3 is 2.74 bits per heavy atom. The Hall–Kier alpha value is -2.32. The fraction of sp³-hybridized carbons (Fsp3) is 0.222. The van der Waals surface area contributed by atoms with Gasteiger partial charge in [0.1, 0.15) is 5.75 Å². The zero-order valence-corrected chi connectivity index (χ0v) is 14.2. The highest BCUT2D eigenvalue weighted by molar-refractivity contribution is 9.10. The molecule has 0 saturated carbocycles. The van der Waals surface area contributed by atoms with Crippen molar-refractivity contribution in [3.63, 3.8) is 0 Å². The molecule has 5 heteroatoms. The van der Waals surface area contributed by atoms with Crippen LogP contribution in [-0.2, 0) is 0 Å². The van der Waals surface area contributed by atoms with Gasteiger partial charge in [-0.25, -0.2) is 0 Å². The maximum Gasteiger partial charge on any atom is 0.162 e. The van der Waals surface area contributed by atoms with E-state index in [1.54, 1.807) is 23.2 Å². The van der Waals surface area contributed by atoms with Gasteiger partial charge in [-0.2, -0.15) is 10.4 Å². The first-order valence-corrected chi connectivity index (χ1v) is 8.15. The fourth-order valence-corrected chi connectivity index (χ4v) is 3.26. The van der Waals surface area contributed by atoms with Crippen LogP contribution in [-0.4, -0.2) is 15.8 Å². The number of aromatic hydroxyl groups is 1. The van der Waals surface area contributed by atoms with Gasteiger partial charge in [-0.1, -0.05) is 46.3 Å². The van der Waals surface area contributed by atoms with E-state index in [0.717, 1.165) is 22.2 Å². The fourth-order valence-electron chi connectivity index (χ4n) is 2.88.